The van der Waals surface area contributed by atoms with Gasteiger partial charge in [0.25, 0.3) is 0 Å². The van der Waals surface area contributed by atoms with Gasteiger partial charge in [0.15, 0.2) is 5.11 Å². The van der Waals surface area contributed by atoms with Gasteiger partial charge in [-0.1, -0.05) is 23.7 Å². The highest BCUT2D eigenvalue weighted by molar-refractivity contribution is 7.80. The number of rotatable bonds is 8. The first-order valence-corrected chi connectivity index (χ1v) is 10.7. The Hall–Kier alpha value is -1.86. The van der Waals surface area contributed by atoms with Gasteiger partial charge in [-0.05, 0) is 60.6 Å². The molecule has 0 bridgehead atoms. The van der Waals surface area contributed by atoms with Crippen LogP contribution in [-0.4, -0.2) is 61.4 Å². The molecule has 2 aromatic carbocycles. The number of halogens is 1. The molecule has 156 valence electrons. The summed E-state index contributed by atoms with van der Waals surface area (Å²) in [6.45, 7) is 6.27. The average molecular weight is 434 g/mol. The molecular formula is C22H28ClN3O2S. The number of morpholine rings is 1. The van der Waals surface area contributed by atoms with Gasteiger partial charge >= 0.3 is 0 Å². The number of ether oxygens (including phenoxy) is 2. The molecule has 0 spiro atoms. The Labute approximate surface area is 183 Å². The van der Waals surface area contributed by atoms with E-state index in [1.165, 1.54) is 0 Å². The monoisotopic (exact) mass is 433 g/mol. The van der Waals surface area contributed by atoms with Gasteiger partial charge in [-0.15, -0.1) is 0 Å². The van der Waals surface area contributed by atoms with E-state index in [0.29, 0.717) is 11.7 Å². The van der Waals surface area contributed by atoms with Crippen LogP contribution in [0.15, 0.2) is 48.5 Å². The van der Waals surface area contributed by atoms with Crippen LogP contribution in [-0.2, 0) is 11.3 Å². The maximum Gasteiger partial charge on any atom is 0.173 e. The van der Waals surface area contributed by atoms with Gasteiger partial charge in [0.05, 0.1) is 20.3 Å². The summed E-state index contributed by atoms with van der Waals surface area (Å²) in [5.74, 6) is 0.822. The van der Waals surface area contributed by atoms with Crippen molar-refractivity contribution in [2.45, 2.75) is 13.0 Å². The molecule has 7 heteroatoms. The molecule has 0 atom stereocenters. The van der Waals surface area contributed by atoms with E-state index in [-0.39, 0.29) is 0 Å². The fourth-order valence-electron chi connectivity index (χ4n) is 3.29. The molecule has 1 N–H and O–H groups in total. The van der Waals surface area contributed by atoms with Crippen LogP contribution in [0.1, 0.15) is 12.0 Å². The van der Waals surface area contributed by atoms with Crippen LogP contribution < -0.4 is 10.1 Å². The second kappa shape index (κ2) is 11.4. The van der Waals surface area contributed by atoms with Crippen molar-refractivity contribution in [2.75, 3.05) is 51.8 Å². The highest BCUT2D eigenvalue weighted by Crippen LogP contribution is 2.17. The summed E-state index contributed by atoms with van der Waals surface area (Å²) in [6, 6.07) is 15.7. The normalized spacial score (nSPS) is 14.4. The molecular weight excluding hydrogens is 406 g/mol. The maximum atomic E-state index is 6.17. The quantitative estimate of drug-likeness (QED) is 0.626. The summed E-state index contributed by atoms with van der Waals surface area (Å²) >= 11 is 11.9. The summed E-state index contributed by atoms with van der Waals surface area (Å²) in [5, 5.41) is 4.80. The standard InChI is InChI=1S/C22H28ClN3O2S/c1-27-21-8-6-20(7-9-21)24-22(29)26(17-18-4-2-5-19(23)16-18)11-3-10-25-12-14-28-15-13-25/h2,4-9,16H,3,10-15,17H2,1H3,(H,24,29). The van der Waals surface area contributed by atoms with Gasteiger partial charge in [0, 0.05) is 43.4 Å². The number of hydrogen-bond donors (Lipinski definition) is 1. The van der Waals surface area contributed by atoms with Gasteiger partial charge in [-0.25, -0.2) is 0 Å². The van der Waals surface area contributed by atoms with Crippen molar-refractivity contribution >= 4 is 34.6 Å². The molecule has 0 radical (unpaired) electrons. The number of nitrogens with one attached hydrogen (secondary N) is 1. The van der Waals surface area contributed by atoms with Crippen LogP contribution in [0.4, 0.5) is 5.69 Å². The van der Waals surface area contributed by atoms with E-state index in [1.807, 2.05) is 42.5 Å². The van der Waals surface area contributed by atoms with Gasteiger partial charge in [-0.3, -0.25) is 4.90 Å². The topological polar surface area (TPSA) is 37.0 Å². The summed E-state index contributed by atoms with van der Waals surface area (Å²) in [5.41, 5.74) is 2.09. The third-order valence-corrected chi connectivity index (χ3v) is 5.49. The van der Waals surface area contributed by atoms with E-state index >= 15 is 0 Å². The van der Waals surface area contributed by atoms with Crippen molar-refractivity contribution in [2.24, 2.45) is 0 Å². The molecule has 0 aliphatic carbocycles. The van der Waals surface area contributed by atoms with Gasteiger partial charge < -0.3 is 19.7 Å². The lowest BCUT2D eigenvalue weighted by Gasteiger charge is -2.29. The van der Waals surface area contributed by atoms with E-state index in [2.05, 4.69) is 21.2 Å². The third-order valence-electron chi connectivity index (χ3n) is 4.90. The number of thiocarbonyl (C=S) groups is 1. The first kappa shape index (κ1) is 21.8. The molecule has 1 aliphatic rings. The third kappa shape index (κ3) is 7.16. The van der Waals surface area contributed by atoms with Crippen LogP contribution in [0, 0.1) is 0 Å². The van der Waals surface area contributed by atoms with E-state index < -0.39 is 0 Å². The zero-order valence-corrected chi connectivity index (χ0v) is 18.3. The lowest BCUT2D eigenvalue weighted by atomic mass is 10.2. The number of anilines is 1. The molecule has 0 aromatic heterocycles. The van der Waals surface area contributed by atoms with Gasteiger partial charge in [0.1, 0.15) is 5.75 Å². The number of benzene rings is 2. The van der Waals surface area contributed by atoms with E-state index in [9.17, 15) is 0 Å². The lowest BCUT2D eigenvalue weighted by molar-refractivity contribution is 0.0368. The van der Waals surface area contributed by atoms with Crippen molar-refractivity contribution in [3.63, 3.8) is 0 Å². The summed E-state index contributed by atoms with van der Waals surface area (Å²) in [6.07, 6.45) is 1.03. The van der Waals surface area contributed by atoms with Crippen molar-refractivity contribution in [3.8, 4) is 5.75 Å². The second-order valence-electron chi connectivity index (χ2n) is 7.02. The minimum Gasteiger partial charge on any atom is -0.497 e. The maximum absolute atomic E-state index is 6.17. The summed E-state index contributed by atoms with van der Waals surface area (Å²) < 4.78 is 10.7. The molecule has 3 rings (SSSR count). The molecule has 1 fully saturated rings. The van der Waals surface area contributed by atoms with E-state index in [1.54, 1.807) is 7.11 Å². The van der Waals surface area contributed by atoms with Crippen molar-refractivity contribution in [1.29, 1.82) is 0 Å². The number of methoxy groups -OCH3 is 1. The Kier molecular flexibility index (Phi) is 8.55. The molecule has 0 unspecified atom stereocenters. The smallest absolute Gasteiger partial charge is 0.173 e. The minimum absolute atomic E-state index is 0.706. The first-order valence-electron chi connectivity index (χ1n) is 9.88. The predicted molar refractivity (Wildman–Crippen MR) is 123 cm³/mol. The predicted octanol–water partition coefficient (Wildman–Crippen LogP) is 4.27. The molecule has 0 saturated carbocycles. The zero-order chi connectivity index (χ0) is 20.5. The molecule has 5 nitrogen and oxygen atoms in total. The molecule has 2 aromatic rings. The fraction of sp³-hybridized carbons (Fsp3) is 0.409. The minimum atomic E-state index is 0.706. The van der Waals surface area contributed by atoms with Crippen LogP contribution in [0.25, 0.3) is 0 Å². The number of nitrogens with zero attached hydrogens (tertiary/aromatic N) is 2. The SMILES string of the molecule is COc1ccc(NC(=S)N(CCCN2CCOCC2)Cc2cccc(Cl)c2)cc1. The Balaban J connectivity index is 1.62. The molecule has 29 heavy (non-hydrogen) atoms. The Morgan fingerprint density at radius 3 is 2.66 bits per heavy atom. The molecule has 0 amide bonds. The average Bonchev–Trinajstić information content (AvgIpc) is 2.74. The van der Waals surface area contributed by atoms with Crippen LogP contribution >= 0.6 is 23.8 Å². The highest BCUT2D eigenvalue weighted by Gasteiger charge is 2.14. The van der Waals surface area contributed by atoms with Crippen LogP contribution in [0.2, 0.25) is 5.02 Å². The second-order valence-corrected chi connectivity index (χ2v) is 7.84. The van der Waals surface area contributed by atoms with Crippen molar-refractivity contribution in [1.82, 2.24) is 9.80 Å². The van der Waals surface area contributed by atoms with E-state index in [4.69, 9.17) is 33.3 Å². The van der Waals surface area contributed by atoms with E-state index in [0.717, 1.165) is 67.8 Å². The Morgan fingerprint density at radius 2 is 1.97 bits per heavy atom. The molecule has 1 heterocycles. The highest BCUT2D eigenvalue weighted by atomic mass is 35.5. The first-order chi connectivity index (χ1) is 14.1. The zero-order valence-electron chi connectivity index (χ0n) is 16.8. The Bertz CT molecular complexity index is 782. The molecule has 1 saturated heterocycles. The largest absolute Gasteiger partial charge is 0.497 e. The summed E-state index contributed by atoms with van der Waals surface area (Å²) in [4.78, 5) is 4.65. The number of hydrogen-bond acceptors (Lipinski definition) is 4. The van der Waals surface area contributed by atoms with Crippen molar-refractivity contribution in [3.05, 3.63) is 59.1 Å². The van der Waals surface area contributed by atoms with Crippen LogP contribution in [0.3, 0.4) is 0 Å². The lowest BCUT2D eigenvalue weighted by Crippen LogP contribution is -2.40. The summed E-state index contributed by atoms with van der Waals surface area (Å²) in [7, 11) is 1.66. The van der Waals surface area contributed by atoms with Crippen LogP contribution in [0.5, 0.6) is 5.75 Å². The van der Waals surface area contributed by atoms with Gasteiger partial charge in [0.2, 0.25) is 0 Å². The molecule has 1 aliphatic heterocycles. The Morgan fingerprint density at radius 1 is 1.21 bits per heavy atom. The van der Waals surface area contributed by atoms with Gasteiger partial charge in [-0.2, -0.15) is 0 Å². The fourth-order valence-corrected chi connectivity index (χ4v) is 3.78. The van der Waals surface area contributed by atoms with Crippen molar-refractivity contribution < 1.29 is 9.47 Å².